The molecule has 0 spiro atoms. The Kier molecular flexibility index (Phi) is 5.83. The standard InChI is InChI=1S/C26H28N8O/c1-18-5-2-6-19(13-18)22-14-23(30-26(29-22)28-21-9-12-35-17-21)24-16-34(32-31-24)15-20-7-3-8-25(27-20)33-10-4-11-33/h2-3,5-8,13-14,16,21H,4,9-12,15,17H2,1H3,(H,28,29,30)/t21-/m0/s1. The summed E-state index contributed by atoms with van der Waals surface area (Å²) in [5.74, 6) is 1.60. The van der Waals surface area contributed by atoms with Gasteiger partial charge < -0.3 is 15.0 Å². The van der Waals surface area contributed by atoms with Gasteiger partial charge in [0.15, 0.2) is 0 Å². The van der Waals surface area contributed by atoms with Crippen LogP contribution in [-0.2, 0) is 11.3 Å². The normalized spacial score (nSPS) is 17.4. The van der Waals surface area contributed by atoms with Crippen LogP contribution in [0.5, 0.6) is 0 Å². The van der Waals surface area contributed by atoms with Gasteiger partial charge >= 0.3 is 0 Å². The minimum Gasteiger partial charge on any atom is -0.379 e. The van der Waals surface area contributed by atoms with E-state index in [4.69, 9.17) is 19.7 Å². The van der Waals surface area contributed by atoms with E-state index in [1.807, 2.05) is 29.1 Å². The summed E-state index contributed by atoms with van der Waals surface area (Å²) in [6.07, 6.45) is 4.09. The lowest BCUT2D eigenvalue weighted by molar-refractivity contribution is 0.195. The zero-order valence-electron chi connectivity index (χ0n) is 19.8. The van der Waals surface area contributed by atoms with Gasteiger partial charge in [-0.05, 0) is 44.0 Å². The molecule has 0 saturated carbocycles. The number of anilines is 2. The van der Waals surface area contributed by atoms with E-state index in [-0.39, 0.29) is 6.04 Å². The van der Waals surface area contributed by atoms with Gasteiger partial charge in [0.2, 0.25) is 5.95 Å². The Balaban J connectivity index is 1.29. The molecule has 35 heavy (non-hydrogen) atoms. The lowest BCUT2D eigenvalue weighted by Gasteiger charge is -2.32. The first-order valence-electron chi connectivity index (χ1n) is 12.1. The number of nitrogens with zero attached hydrogens (tertiary/aromatic N) is 7. The monoisotopic (exact) mass is 468 g/mol. The molecule has 1 aromatic carbocycles. The predicted octanol–water partition coefficient (Wildman–Crippen LogP) is 3.56. The average molecular weight is 469 g/mol. The Morgan fingerprint density at radius 3 is 2.69 bits per heavy atom. The smallest absolute Gasteiger partial charge is 0.224 e. The molecule has 2 fully saturated rings. The maximum atomic E-state index is 5.52. The fourth-order valence-electron chi connectivity index (χ4n) is 4.36. The molecule has 3 aromatic heterocycles. The van der Waals surface area contributed by atoms with Crippen molar-refractivity contribution < 1.29 is 4.74 Å². The van der Waals surface area contributed by atoms with E-state index >= 15 is 0 Å². The number of ether oxygens (including phenoxy) is 1. The molecule has 2 aliphatic heterocycles. The van der Waals surface area contributed by atoms with Crippen molar-refractivity contribution in [3.63, 3.8) is 0 Å². The van der Waals surface area contributed by atoms with E-state index in [0.29, 0.717) is 24.8 Å². The highest BCUT2D eigenvalue weighted by Crippen LogP contribution is 2.26. The molecule has 5 heterocycles. The van der Waals surface area contributed by atoms with Crippen LogP contribution in [-0.4, -0.2) is 62.3 Å². The lowest BCUT2D eigenvalue weighted by atomic mass is 10.1. The second-order valence-electron chi connectivity index (χ2n) is 9.17. The summed E-state index contributed by atoms with van der Waals surface area (Å²) < 4.78 is 7.33. The van der Waals surface area contributed by atoms with Crippen molar-refractivity contribution in [1.29, 1.82) is 0 Å². The molecule has 2 saturated heterocycles. The van der Waals surface area contributed by atoms with E-state index < -0.39 is 0 Å². The lowest BCUT2D eigenvalue weighted by Crippen LogP contribution is -2.37. The van der Waals surface area contributed by atoms with Crippen LogP contribution in [0.2, 0.25) is 0 Å². The minimum atomic E-state index is 0.205. The van der Waals surface area contributed by atoms with Gasteiger partial charge in [-0.25, -0.2) is 19.6 Å². The molecule has 0 unspecified atom stereocenters. The van der Waals surface area contributed by atoms with Crippen LogP contribution in [0.1, 0.15) is 24.1 Å². The van der Waals surface area contributed by atoms with Gasteiger partial charge in [-0.1, -0.05) is 35.0 Å². The van der Waals surface area contributed by atoms with Crippen molar-refractivity contribution >= 4 is 11.8 Å². The zero-order valence-corrected chi connectivity index (χ0v) is 19.8. The summed E-state index contributed by atoms with van der Waals surface area (Å²) in [5.41, 5.74) is 5.45. The van der Waals surface area contributed by atoms with Gasteiger partial charge in [0, 0.05) is 25.3 Å². The molecule has 1 atom stereocenters. The molecule has 178 valence electrons. The molecule has 0 radical (unpaired) electrons. The van der Waals surface area contributed by atoms with E-state index in [1.54, 1.807) is 0 Å². The van der Waals surface area contributed by atoms with Crippen LogP contribution in [0, 0.1) is 6.92 Å². The topological polar surface area (TPSA) is 93.9 Å². The van der Waals surface area contributed by atoms with Crippen molar-refractivity contribution in [2.45, 2.75) is 32.4 Å². The number of aromatic nitrogens is 6. The molecule has 0 bridgehead atoms. The Labute approximate surface area is 204 Å². The highest BCUT2D eigenvalue weighted by Gasteiger charge is 2.19. The molecule has 0 aliphatic carbocycles. The molecule has 9 heteroatoms. The van der Waals surface area contributed by atoms with E-state index in [1.165, 1.54) is 12.0 Å². The van der Waals surface area contributed by atoms with Gasteiger partial charge in [0.05, 0.1) is 42.5 Å². The number of nitrogens with one attached hydrogen (secondary N) is 1. The first-order chi connectivity index (χ1) is 17.2. The van der Waals surface area contributed by atoms with E-state index in [9.17, 15) is 0 Å². The molecule has 0 amide bonds. The molecule has 6 rings (SSSR count). The number of benzene rings is 1. The minimum absolute atomic E-state index is 0.205. The summed E-state index contributed by atoms with van der Waals surface area (Å²) in [6.45, 7) is 6.19. The van der Waals surface area contributed by atoms with Crippen LogP contribution < -0.4 is 10.2 Å². The highest BCUT2D eigenvalue weighted by molar-refractivity contribution is 5.68. The molecule has 1 N–H and O–H groups in total. The fraction of sp³-hybridized carbons (Fsp3) is 0.346. The summed E-state index contributed by atoms with van der Waals surface area (Å²) in [5, 5.41) is 12.2. The van der Waals surface area contributed by atoms with Crippen LogP contribution in [0.25, 0.3) is 22.6 Å². The Morgan fingerprint density at radius 1 is 1.00 bits per heavy atom. The third-order valence-electron chi connectivity index (χ3n) is 6.40. The van der Waals surface area contributed by atoms with Crippen molar-refractivity contribution in [3.05, 3.63) is 66.0 Å². The van der Waals surface area contributed by atoms with Crippen LogP contribution >= 0.6 is 0 Å². The molecule has 9 nitrogen and oxygen atoms in total. The first-order valence-corrected chi connectivity index (χ1v) is 12.1. The Hall–Kier alpha value is -3.85. The largest absolute Gasteiger partial charge is 0.379 e. The van der Waals surface area contributed by atoms with Crippen molar-refractivity contribution in [1.82, 2.24) is 29.9 Å². The van der Waals surface area contributed by atoms with Gasteiger partial charge in [0.1, 0.15) is 11.5 Å². The summed E-state index contributed by atoms with van der Waals surface area (Å²) in [4.78, 5) is 16.7. The van der Waals surface area contributed by atoms with E-state index in [2.05, 4.69) is 57.8 Å². The average Bonchev–Trinajstić information content (AvgIpc) is 3.50. The van der Waals surface area contributed by atoms with Crippen molar-refractivity contribution in [2.75, 3.05) is 36.5 Å². The highest BCUT2D eigenvalue weighted by atomic mass is 16.5. The summed E-state index contributed by atoms with van der Waals surface area (Å²) in [6, 6.07) is 16.6. The van der Waals surface area contributed by atoms with Gasteiger partial charge in [-0.15, -0.1) is 5.10 Å². The maximum absolute atomic E-state index is 5.52. The summed E-state index contributed by atoms with van der Waals surface area (Å²) in [7, 11) is 0. The van der Waals surface area contributed by atoms with Crippen LogP contribution in [0.4, 0.5) is 11.8 Å². The number of hydrogen-bond donors (Lipinski definition) is 1. The van der Waals surface area contributed by atoms with Gasteiger partial charge in [-0.3, -0.25) is 0 Å². The first kappa shape index (κ1) is 21.7. The fourth-order valence-corrected chi connectivity index (χ4v) is 4.36. The van der Waals surface area contributed by atoms with E-state index in [0.717, 1.165) is 54.6 Å². The molecular formula is C26H28N8O. The maximum Gasteiger partial charge on any atom is 0.224 e. The van der Waals surface area contributed by atoms with Crippen molar-refractivity contribution in [2.24, 2.45) is 0 Å². The Morgan fingerprint density at radius 2 is 1.89 bits per heavy atom. The number of rotatable bonds is 7. The summed E-state index contributed by atoms with van der Waals surface area (Å²) >= 11 is 0. The van der Waals surface area contributed by atoms with Crippen LogP contribution in [0.15, 0.2) is 54.7 Å². The SMILES string of the molecule is Cc1cccc(-c2cc(-c3cn(Cc4cccc(N5CCC5)n4)nn3)nc(N[C@H]3CCOC3)n2)c1. The molecular weight excluding hydrogens is 440 g/mol. The third-order valence-corrected chi connectivity index (χ3v) is 6.40. The Bertz CT molecular complexity index is 1330. The van der Waals surface area contributed by atoms with Crippen LogP contribution in [0.3, 0.4) is 0 Å². The third kappa shape index (κ3) is 4.85. The van der Waals surface area contributed by atoms with Gasteiger partial charge in [-0.2, -0.15) is 0 Å². The second kappa shape index (κ2) is 9.42. The number of hydrogen-bond acceptors (Lipinski definition) is 8. The van der Waals surface area contributed by atoms with Crippen molar-refractivity contribution in [3.8, 4) is 22.6 Å². The van der Waals surface area contributed by atoms with Gasteiger partial charge in [0.25, 0.3) is 0 Å². The quantitative estimate of drug-likeness (QED) is 0.440. The second-order valence-corrected chi connectivity index (χ2v) is 9.17. The molecule has 4 aromatic rings. The number of aryl methyl sites for hydroxylation is 1. The predicted molar refractivity (Wildman–Crippen MR) is 134 cm³/mol. The zero-order chi connectivity index (χ0) is 23.6. The molecule has 2 aliphatic rings. The number of pyridine rings is 1.